The number of pyridine rings is 1. The van der Waals surface area contributed by atoms with Crippen molar-refractivity contribution in [3.8, 4) is 0 Å². The van der Waals surface area contributed by atoms with Gasteiger partial charge in [0.05, 0.1) is 11.1 Å². The summed E-state index contributed by atoms with van der Waals surface area (Å²) in [5.41, 5.74) is 1.10. The molecule has 0 bridgehead atoms. The van der Waals surface area contributed by atoms with Gasteiger partial charge in [-0.3, -0.25) is 0 Å². The fourth-order valence-electron chi connectivity index (χ4n) is 2.16. The third kappa shape index (κ3) is 3.13. The van der Waals surface area contributed by atoms with Gasteiger partial charge in [-0.25, -0.2) is 4.98 Å². The molecule has 0 amide bonds. The molecule has 4 nitrogen and oxygen atoms in total. The Hall–Kier alpha value is -0.840. The summed E-state index contributed by atoms with van der Waals surface area (Å²) >= 11 is 6.15. The molecule has 0 aromatic carbocycles. The van der Waals surface area contributed by atoms with Crippen LogP contribution in [0.25, 0.3) is 0 Å². The van der Waals surface area contributed by atoms with E-state index in [9.17, 15) is 0 Å². The van der Waals surface area contributed by atoms with Crippen molar-refractivity contribution in [3.05, 3.63) is 22.8 Å². The van der Waals surface area contributed by atoms with E-state index in [1.807, 2.05) is 0 Å². The zero-order chi connectivity index (χ0) is 13.0. The normalized spacial score (nSPS) is 19.5. The van der Waals surface area contributed by atoms with E-state index in [4.69, 9.17) is 16.3 Å². The highest BCUT2D eigenvalue weighted by Crippen LogP contribution is 2.24. The van der Waals surface area contributed by atoms with Crippen LogP contribution in [0.1, 0.15) is 18.9 Å². The van der Waals surface area contributed by atoms with Gasteiger partial charge in [0.25, 0.3) is 0 Å². The van der Waals surface area contributed by atoms with Gasteiger partial charge in [-0.2, -0.15) is 0 Å². The Balaban J connectivity index is 2.09. The molecule has 1 fully saturated rings. The van der Waals surface area contributed by atoms with Crippen molar-refractivity contribution >= 4 is 17.4 Å². The molecular formula is C13H20ClN3O. The summed E-state index contributed by atoms with van der Waals surface area (Å²) in [4.78, 5) is 6.66. The van der Waals surface area contributed by atoms with E-state index in [0.717, 1.165) is 49.0 Å². The van der Waals surface area contributed by atoms with Crippen LogP contribution in [0, 0.1) is 0 Å². The van der Waals surface area contributed by atoms with E-state index in [1.54, 1.807) is 13.3 Å². The van der Waals surface area contributed by atoms with Gasteiger partial charge in [0.1, 0.15) is 5.82 Å². The second kappa shape index (κ2) is 6.36. The third-order valence-corrected chi connectivity index (χ3v) is 3.63. The Morgan fingerprint density at radius 1 is 1.61 bits per heavy atom. The number of hydrogen-bond donors (Lipinski definition) is 1. The van der Waals surface area contributed by atoms with E-state index in [0.29, 0.717) is 6.10 Å². The van der Waals surface area contributed by atoms with Gasteiger partial charge >= 0.3 is 0 Å². The lowest BCUT2D eigenvalue weighted by Gasteiger charge is -2.18. The van der Waals surface area contributed by atoms with Crippen LogP contribution >= 0.6 is 11.6 Å². The molecule has 1 unspecified atom stereocenters. The number of nitrogens with zero attached hydrogens (tertiary/aromatic N) is 2. The predicted octanol–water partition coefficient (Wildman–Crippen LogP) is 2.07. The topological polar surface area (TPSA) is 37.4 Å². The minimum atomic E-state index is 0.319. The first-order valence-electron chi connectivity index (χ1n) is 6.37. The van der Waals surface area contributed by atoms with Gasteiger partial charge in [0.15, 0.2) is 0 Å². The highest BCUT2D eigenvalue weighted by atomic mass is 35.5. The summed E-state index contributed by atoms with van der Waals surface area (Å²) in [6, 6.07) is 2.07. The van der Waals surface area contributed by atoms with E-state index in [1.165, 1.54) is 0 Å². The molecule has 18 heavy (non-hydrogen) atoms. The number of methoxy groups -OCH3 is 1. The SMILES string of the molecule is CCNCc1cc(N2CCC(OC)C2)ncc1Cl. The van der Waals surface area contributed by atoms with Gasteiger partial charge in [-0.05, 0) is 24.6 Å². The lowest BCUT2D eigenvalue weighted by atomic mass is 10.2. The maximum atomic E-state index is 6.15. The Morgan fingerprint density at radius 2 is 2.44 bits per heavy atom. The number of hydrogen-bond acceptors (Lipinski definition) is 4. The van der Waals surface area contributed by atoms with Crippen molar-refractivity contribution < 1.29 is 4.74 Å². The zero-order valence-corrected chi connectivity index (χ0v) is 11.7. The lowest BCUT2D eigenvalue weighted by Crippen LogP contribution is -2.23. The molecule has 5 heteroatoms. The van der Waals surface area contributed by atoms with E-state index in [2.05, 4.69) is 28.2 Å². The van der Waals surface area contributed by atoms with Crippen molar-refractivity contribution in [2.45, 2.75) is 26.0 Å². The Kier molecular flexibility index (Phi) is 4.80. The zero-order valence-electron chi connectivity index (χ0n) is 10.9. The van der Waals surface area contributed by atoms with Crippen molar-refractivity contribution in [1.82, 2.24) is 10.3 Å². The summed E-state index contributed by atoms with van der Waals surface area (Å²) < 4.78 is 5.37. The summed E-state index contributed by atoms with van der Waals surface area (Å²) in [6.45, 7) is 5.70. The molecule has 2 rings (SSSR count). The maximum Gasteiger partial charge on any atom is 0.128 e. The molecule has 1 N–H and O–H groups in total. The lowest BCUT2D eigenvalue weighted by molar-refractivity contribution is 0.121. The highest BCUT2D eigenvalue weighted by molar-refractivity contribution is 6.31. The van der Waals surface area contributed by atoms with Crippen LogP contribution in [0.15, 0.2) is 12.3 Å². The van der Waals surface area contributed by atoms with E-state index in [-0.39, 0.29) is 0 Å². The largest absolute Gasteiger partial charge is 0.380 e. The maximum absolute atomic E-state index is 6.15. The first kappa shape index (κ1) is 13.6. The molecule has 1 aliphatic rings. The van der Waals surface area contributed by atoms with Gasteiger partial charge in [0, 0.05) is 32.9 Å². The summed E-state index contributed by atoms with van der Waals surface area (Å²) in [5.74, 6) is 0.992. The number of rotatable bonds is 5. The smallest absolute Gasteiger partial charge is 0.128 e. The molecular weight excluding hydrogens is 250 g/mol. The highest BCUT2D eigenvalue weighted by Gasteiger charge is 2.23. The van der Waals surface area contributed by atoms with Crippen LogP contribution in [0.3, 0.4) is 0 Å². The third-order valence-electron chi connectivity index (χ3n) is 3.29. The summed E-state index contributed by atoms with van der Waals surface area (Å²) in [6.07, 6.45) is 3.12. The first-order chi connectivity index (χ1) is 8.74. The molecule has 100 valence electrons. The standard InChI is InChI=1S/C13H20ClN3O/c1-3-15-7-10-6-13(16-8-12(10)14)17-5-4-11(9-17)18-2/h6,8,11,15H,3-5,7,9H2,1-2H3. The van der Waals surface area contributed by atoms with Crippen molar-refractivity contribution in [3.63, 3.8) is 0 Å². The van der Waals surface area contributed by atoms with Crippen molar-refractivity contribution in [1.29, 1.82) is 0 Å². The number of halogens is 1. The second-order valence-electron chi connectivity index (χ2n) is 4.51. The number of ether oxygens (including phenoxy) is 1. The van der Waals surface area contributed by atoms with Crippen LogP contribution < -0.4 is 10.2 Å². The number of anilines is 1. The second-order valence-corrected chi connectivity index (χ2v) is 4.91. The minimum Gasteiger partial charge on any atom is -0.380 e. The number of nitrogens with one attached hydrogen (secondary N) is 1. The van der Waals surface area contributed by atoms with E-state index < -0.39 is 0 Å². The molecule has 0 spiro atoms. The van der Waals surface area contributed by atoms with Gasteiger partial charge in [-0.1, -0.05) is 18.5 Å². The molecule has 1 aromatic rings. The average Bonchev–Trinajstić information content (AvgIpc) is 2.86. The molecule has 2 heterocycles. The molecule has 1 aromatic heterocycles. The first-order valence-corrected chi connectivity index (χ1v) is 6.75. The molecule has 0 aliphatic carbocycles. The van der Waals surface area contributed by atoms with Crippen LogP contribution in [-0.4, -0.2) is 37.8 Å². The van der Waals surface area contributed by atoms with Gasteiger partial charge < -0.3 is 15.0 Å². The van der Waals surface area contributed by atoms with Crippen molar-refractivity contribution in [2.24, 2.45) is 0 Å². The average molecular weight is 270 g/mol. The van der Waals surface area contributed by atoms with Crippen LogP contribution in [0.2, 0.25) is 5.02 Å². The molecule has 1 aliphatic heterocycles. The molecule has 1 atom stereocenters. The monoisotopic (exact) mass is 269 g/mol. The predicted molar refractivity (Wildman–Crippen MR) is 74.3 cm³/mol. The van der Waals surface area contributed by atoms with Gasteiger partial charge in [0.2, 0.25) is 0 Å². The fraction of sp³-hybridized carbons (Fsp3) is 0.615. The summed E-state index contributed by atoms with van der Waals surface area (Å²) in [7, 11) is 1.76. The summed E-state index contributed by atoms with van der Waals surface area (Å²) in [5, 5.41) is 4.01. The minimum absolute atomic E-state index is 0.319. The van der Waals surface area contributed by atoms with Crippen LogP contribution in [0.4, 0.5) is 5.82 Å². The number of aromatic nitrogens is 1. The van der Waals surface area contributed by atoms with Crippen LogP contribution in [0.5, 0.6) is 0 Å². The van der Waals surface area contributed by atoms with Gasteiger partial charge in [-0.15, -0.1) is 0 Å². The molecule has 0 saturated carbocycles. The Bertz CT molecular complexity index is 400. The molecule has 0 radical (unpaired) electrons. The fourth-order valence-corrected chi connectivity index (χ4v) is 2.33. The quantitative estimate of drug-likeness (QED) is 0.888. The van der Waals surface area contributed by atoms with E-state index >= 15 is 0 Å². The van der Waals surface area contributed by atoms with Crippen molar-refractivity contribution in [2.75, 3.05) is 31.6 Å². The van der Waals surface area contributed by atoms with Crippen LogP contribution in [-0.2, 0) is 11.3 Å². The Morgan fingerprint density at radius 3 is 3.11 bits per heavy atom. The Labute approximate surface area is 113 Å². The molecule has 1 saturated heterocycles.